The van der Waals surface area contributed by atoms with Gasteiger partial charge in [-0.2, -0.15) is 8.42 Å². The van der Waals surface area contributed by atoms with Crippen LogP contribution in [0.1, 0.15) is 78.1 Å². The first kappa shape index (κ1) is 18.9. The van der Waals surface area contributed by atoms with Crippen LogP contribution in [0.15, 0.2) is 0 Å². The Bertz CT molecular complexity index is 288. The van der Waals surface area contributed by atoms with E-state index in [1.54, 1.807) is 0 Å². The topological polar surface area (TPSA) is 63.6 Å². The molecule has 116 valence electrons. The zero-order chi connectivity index (χ0) is 14.6. The van der Waals surface area contributed by atoms with E-state index in [9.17, 15) is 8.42 Å². The van der Waals surface area contributed by atoms with Gasteiger partial charge in [0.2, 0.25) is 0 Å². The highest BCUT2D eigenvalue weighted by molar-refractivity contribution is 7.80. The van der Waals surface area contributed by atoms with Crippen molar-refractivity contribution in [3.8, 4) is 0 Å². The number of hydrogen-bond acceptors (Lipinski definition) is 3. The monoisotopic (exact) mass is 294 g/mol. The Balaban J connectivity index is 3.15. The summed E-state index contributed by atoms with van der Waals surface area (Å²) in [7, 11) is -4.24. The van der Waals surface area contributed by atoms with Gasteiger partial charge >= 0.3 is 10.4 Å². The Morgan fingerprint density at radius 3 is 2.00 bits per heavy atom. The standard InChI is InChI=1S/C14H30O4S/c1-3-11-14(2)12-9-7-5-4-6-8-10-13-18-19(15,16)17/h14H,3-13H2,1-2H3,(H,15,16,17). The molecule has 0 aromatic carbocycles. The van der Waals surface area contributed by atoms with Crippen LogP contribution in [0.3, 0.4) is 0 Å². The molecule has 0 aromatic rings. The molecule has 1 N–H and O–H groups in total. The van der Waals surface area contributed by atoms with Crippen LogP contribution < -0.4 is 0 Å². The molecule has 0 radical (unpaired) electrons. The lowest BCUT2D eigenvalue weighted by molar-refractivity contribution is 0.261. The average Bonchev–Trinajstić information content (AvgIpc) is 2.30. The van der Waals surface area contributed by atoms with Crippen molar-refractivity contribution in [2.75, 3.05) is 6.61 Å². The van der Waals surface area contributed by atoms with Gasteiger partial charge in [0, 0.05) is 0 Å². The van der Waals surface area contributed by atoms with Crippen LogP contribution in [0.4, 0.5) is 0 Å². The van der Waals surface area contributed by atoms with Gasteiger partial charge in [-0.25, -0.2) is 4.18 Å². The molecule has 0 heterocycles. The van der Waals surface area contributed by atoms with Gasteiger partial charge in [0.05, 0.1) is 6.61 Å². The molecular weight excluding hydrogens is 264 g/mol. The van der Waals surface area contributed by atoms with Crippen molar-refractivity contribution in [1.29, 1.82) is 0 Å². The van der Waals surface area contributed by atoms with Crippen LogP contribution >= 0.6 is 0 Å². The summed E-state index contributed by atoms with van der Waals surface area (Å²) >= 11 is 0. The minimum atomic E-state index is -4.24. The predicted octanol–water partition coefficient (Wildman–Crippen LogP) is 4.36. The van der Waals surface area contributed by atoms with Gasteiger partial charge in [-0.1, -0.05) is 71.6 Å². The summed E-state index contributed by atoms with van der Waals surface area (Å²) in [6.45, 7) is 4.66. The lowest BCUT2D eigenvalue weighted by Crippen LogP contribution is -2.04. The fourth-order valence-corrected chi connectivity index (χ4v) is 2.61. The zero-order valence-electron chi connectivity index (χ0n) is 12.4. The Morgan fingerprint density at radius 1 is 0.947 bits per heavy atom. The van der Waals surface area contributed by atoms with Gasteiger partial charge in [-0.3, -0.25) is 4.55 Å². The van der Waals surface area contributed by atoms with E-state index in [0.717, 1.165) is 18.8 Å². The summed E-state index contributed by atoms with van der Waals surface area (Å²) in [5, 5.41) is 0. The van der Waals surface area contributed by atoms with Gasteiger partial charge in [0.15, 0.2) is 0 Å². The van der Waals surface area contributed by atoms with E-state index in [1.165, 1.54) is 44.9 Å². The fourth-order valence-electron chi connectivity index (χ4n) is 2.28. The summed E-state index contributed by atoms with van der Waals surface area (Å²) in [6.07, 6.45) is 11.8. The van der Waals surface area contributed by atoms with Crippen LogP contribution in [0.2, 0.25) is 0 Å². The molecular formula is C14H30O4S. The van der Waals surface area contributed by atoms with E-state index in [0.29, 0.717) is 6.42 Å². The lowest BCUT2D eigenvalue weighted by Gasteiger charge is -2.09. The first-order valence-electron chi connectivity index (χ1n) is 7.57. The van der Waals surface area contributed by atoms with Crippen molar-refractivity contribution in [1.82, 2.24) is 0 Å². The second-order valence-electron chi connectivity index (χ2n) is 5.41. The van der Waals surface area contributed by atoms with Crippen molar-refractivity contribution in [2.24, 2.45) is 5.92 Å². The average molecular weight is 294 g/mol. The third-order valence-corrected chi connectivity index (χ3v) is 3.82. The van der Waals surface area contributed by atoms with Crippen LogP contribution in [-0.4, -0.2) is 19.6 Å². The smallest absolute Gasteiger partial charge is 0.264 e. The number of rotatable bonds is 13. The molecule has 0 aliphatic rings. The van der Waals surface area contributed by atoms with E-state index in [4.69, 9.17) is 4.55 Å². The summed E-state index contributed by atoms with van der Waals surface area (Å²) < 4.78 is 33.1. The Hall–Kier alpha value is -0.130. The molecule has 0 spiro atoms. The highest BCUT2D eigenvalue weighted by atomic mass is 32.3. The van der Waals surface area contributed by atoms with Crippen LogP contribution in [0.25, 0.3) is 0 Å². The number of hydrogen-bond donors (Lipinski definition) is 1. The first-order chi connectivity index (χ1) is 8.95. The highest BCUT2D eigenvalue weighted by Gasteiger charge is 2.03. The van der Waals surface area contributed by atoms with Crippen LogP contribution in [-0.2, 0) is 14.6 Å². The second kappa shape index (κ2) is 11.7. The third-order valence-electron chi connectivity index (χ3n) is 3.35. The minimum absolute atomic E-state index is 0.0906. The molecule has 0 rings (SSSR count). The highest BCUT2D eigenvalue weighted by Crippen LogP contribution is 2.16. The summed E-state index contributed by atoms with van der Waals surface area (Å²) in [4.78, 5) is 0. The SMILES string of the molecule is CCCC(C)CCCCCCCCCOS(=O)(=O)O. The molecule has 0 aliphatic heterocycles. The van der Waals surface area contributed by atoms with Crippen molar-refractivity contribution in [3.63, 3.8) is 0 Å². The van der Waals surface area contributed by atoms with Crippen molar-refractivity contribution >= 4 is 10.4 Å². The molecule has 0 saturated heterocycles. The van der Waals surface area contributed by atoms with E-state index in [1.807, 2.05) is 0 Å². The third kappa shape index (κ3) is 15.8. The molecule has 0 aliphatic carbocycles. The fraction of sp³-hybridized carbons (Fsp3) is 1.00. The summed E-state index contributed by atoms with van der Waals surface area (Å²) in [6, 6.07) is 0. The summed E-state index contributed by atoms with van der Waals surface area (Å²) in [5.41, 5.74) is 0. The van der Waals surface area contributed by atoms with E-state index in [2.05, 4.69) is 18.0 Å². The molecule has 5 heteroatoms. The maximum atomic E-state index is 10.3. The molecule has 1 atom stereocenters. The molecule has 1 unspecified atom stereocenters. The summed E-state index contributed by atoms with van der Waals surface area (Å²) in [5.74, 6) is 0.863. The van der Waals surface area contributed by atoms with Crippen molar-refractivity contribution < 1.29 is 17.2 Å². The number of unbranched alkanes of at least 4 members (excludes halogenated alkanes) is 6. The molecule has 0 amide bonds. The normalized spacial score (nSPS) is 13.6. The Kier molecular flexibility index (Phi) is 11.6. The largest absolute Gasteiger partial charge is 0.397 e. The van der Waals surface area contributed by atoms with Crippen LogP contribution in [0.5, 0.6) is 0 Å². The van der Waals surface area contributed by atoms with E-state index >= 15 is 0 Å². The quantitative estimate of drug-likeness (QED) is 0.405. The Labute approximate surface area is 118 Å². The molecule has 4 nitrogen and oxygen atoms in total. The second-order valence-corrected chi connectivity index (χ2v) is 6.50. The predicted molar refractivity (Wildman–Crippen MR) is 78.5 cm³/mol. The van der Waals surface area contributed by atoms with Gasteiger partial charge in [0.1, 0.15) is 0 Å². The molecule has 19 heavy (non-hydrogen) atoms. The lowest BCUT2D eigenvalue weighted by atomic mass is 9.98. The minimum Gasteiger partial charge on any atom is -0.264 e. The van der Waals surface area contributed by atoms with Crippen LogP contribution in [0, 0.1) is 5.92 Å². The van der Waals surface area contributed by atoms with E-state index in [-0.39, 0.29) is 6.61 Å². The molecule has 0 aromatic heterocycles. The molecule has 0 fully saturated rings. The van der Waals surface area contributed by atoms with Crippen molar-refractivity contribution in [2.45, 2.75) is 78.1 Å². The van der Waals surface area contributed by atoms with Gasteiger partial charge in [0.25, 0.3) is 0 Å². The maximum absolute atomic E-state index is 10.3. The first-order valence-corrected chi connectivity index (χ1v) is 8.94. The molecule has 0 bridgehead atoms. The van der Waals surface area contributed by atoms with E-state index < -0.39 is 10.4 Å². The van der Waals surface area contributed by atoms with Gasteiger partial charge in [-0.05, 0) is 12.3 Å². The van der Waals surface area contributed by atoms with Gasteiger partial charge < -0.3 is 0 Å². The van der Waals surface area contributed by atoms with Gasteiger partial charge in [-0.15, -0.1) is 0 Å². The Morgan fingerprint density at radius 2 is 1.47 bits per heavy atom. The molecule has 0 saturated carbocycles. The zero-order valence-corrected chi connectivity index (χ0v) is 13.3. The maximum Gasteiger partial charge on any atom is 0.397 e. The van der Waals surface area contributed by atoms with Crippen molar-refractivity contribution in [3.05, 3.63) is 0 Å².